The summed E-state index contributed by atoms with van der Waals surface area (Å²) < 4.78 is 64.1. The van der Waals surface area contributed by atoms with Crippen LogP contribution in [0.15, 0.2) is 47.4 Å². The number of carbonyl (C=O) groups is 1. The Bertz CT molecular complexity index is 1070. The highest BCUT2D eigenvalue weighted by Gasteiger charge is 2.38. The van der Waals surface area contributed by atoms with E-state index in [1.165, 1.54) is 23.1 Å². The predicted molar refractivity (Wildman–Crippen MR) is 100.0 cm³/mol. The third kappa shape index (κ3) is 4.87. The molecular weight excluding hydrogens is 426 g/mol. The van der Waals surface area contributed by atoms with Gasteiger partial charge in [0.1, 0.15) is 5.82 Å². The summed E-state index contributed by atoms with van der Waals surface area (Å²) in [5.74, 6) is -0.933. The highest BCUT2D eigenvalue weighted by Crippen LogP contribution is 2.29. The van der Waals surface area contributed by atoms with Gasteiger partial charge in [0.15, 0.2) is 10.8 Å². The molecule has 1 unspecified atom stereocenters. The number of benzene rings is 2. The monoisotopic (exact) mass is 441 g/mol. The summed E-state index contributed by atoms with van der Waals surface area (Å²) in [6.07, 6.45) is 0.0717. The highest BCUT2D eigenvalue weighted by atomic mass is 32.2. The van der Waals surface area contributed by atoms with E-state index in [2.05, 4.69) is 20.6 Å². The van der Waals surface area contributed by atoms with Gasteiger partial charge in [0.25, 0.3) is 0 Å². The quantitative estimate of drug-likeness (QED) is 0.591. The number of halogens is 4. The van der Waals surface area contributed by atoms with Crippen molar-refractivity contribution in [2.24, 2.45) is 0 Å². The summed E-state index contributed by atoms with van der Waals surface area (Å²) >= 11 is 0. The molecule has 2 aromatic carbocycles. The molecular formula is C18H15F4N5O2S. The molecule has 0 bridgehead atoms. The number of hydrogen-bond donors (Lipinski definition) is 1. The molecule has 30 heavy (non-hydrogen) atoms. The van der Waals surface area contributed by atoms with Crippen LogP contribution >= 0.6 is 0 Å². The Morgan fingerprint density at radius 2 is 1.97 bits per heavy atom. The fraction of sp³-hybridized carbons (Fsp3) is 0.222. The van der Waals surface area contributed by atoms with Gasteiger partial charge < -0.3 is 4.90 Å². The Balaban J connectivity index is 1.97. The molecule has 0 aliphatic rings. The Morgan fingerprint density at radius 1 is 1.20 bits per heavy atom. The number of aromatic nitrogens is 4. The minimum atomic E-state index is -4.90. The van der Waals surface area contributed by atoms with Gasteiger partial charge in [0, 0.05) is 22.6 Å². The number of H-pyrrole nitrogens is 1. The summed E-state index contributed by atoms with van der Waals surface area (Å²) in [6, 6.07) is 8.77. The van der Waals surface area contributed by atoms with Gasteiger partial charge >= 0.3 is 5.51 Å². The lowest BCUT2D eigenvalue weighted by Gasteiger charge is -2.23. The maximum atomic E-state index is 14.2. The van der Waals surface area contributed by atoms with Gasteiger partial charge in [-0.1, -0.05) is 19.1 Å². The van der Waals surface area contributed by atoms with E-state index in [0.29, 0.717) is 5.56 Å². The van der Waals surface area contributed by atoms with E-state index in [0.717, 1.165) is 24.3 Å². The first-order chi connectivity index (χ1) is 14.2. The lowest BCUT2D eigenvalue weighted by molar-refractivity contribution is -0.118. The Labute approximate surface area is 170 Å². The Kier molecular flexibility index (Phi) is 6.25. The van der Waals surface area contributed by atoms with Crippen molar-refractivity contribution in [1.82, 2.24) is 20.6 Å². The van der Waals surface area contributed by atoms with Crippen molar-refractivity contribution in [3.63, 3.8) is 0 Å². The molecule has 1 heterocycles. The summed E-state index contributed by atoms with van der Waals surface area (Å²) in [7, 11) is -3.20. The molecule has 12 heteroatoms. The van der Waals surface area contributed by atoms with E-state index in [-0.39, 0.29) is 35.9 Å². The van der Waals surface area contributed by atoms with E-state index >= 15 is 0 Å². The third-order valence-corrected chi connectivity index (χ3v) is 5.17. The van der Waals surface area contributed by atoms with Crippen LogP contribution in [-0.2, 0) is 22.1 Å². The van der Waals surface area contributed by atoms with E-state index < -0.39 is 27.0 Å². The van der Waals surface area contributed by atoms with Crippen molar-refractivity contribution in [2.45, 2.75) is 30.3 Å². The summed E-state index contributed by atoms with van der Waals surface area (Å²) in [6.45, 7) is 1.45. The molecule has 0 radical (unpaired) electrons. The molecule has 1 aromatic heterocycles. The van der Waals surface area contributed by atoms with Crippen LogP contribution in [0.1, 0.15) is 18.9 Å². The molecule has 0 saturated carbocycles. The fourth-order valence-electron chi connectivity index (χ4n) is 2.73. The van der Waals surface area contributed by atoms with Crippen molar-refractivity contribution in [3.8, 4) is 11.4 Å². The van der Waals surface area contributed by atoms with Crippen LogP contribution in [0.2, 0.25) is 0 Å². The molecule has 7 nitrogen and oxygen atoms in total. The molecule has 1 amide bonds. The predicted octanol–water partition coefficient (Wildman–Crippen LogP) is 3.58. The van der Waals surface area contributed by atoms with E-state index in [1.54, 1.807) is 6.92 Å². The van der Waals surface area contributed by atoms with Crippen LogP contribution in [-0.4, -0.2) is 36.2 Å². The highest BCUT2D eigenvalue weighted by molar-refractivity contribution is 7.86. The van der Waals surface area contributed by atoms with Crippen molar-refractivity contribution < 1.29 is 26.6 Å². The molecule has 1 atom stereocenters. The lowest BCUT2D eigenvalue weighted by Crippen LogP contribution is -2.30. The van der Waals surface area contributed by atoms with E-state index in [9.17, 15) is 26.6 Å². The van der Waals surface area contributed by atoms with Gasteiger partial charge in [-0.05, 0) is 41.1 Å². The molecule has 0 saturated heterocycles. The van der Waals surface area contributed by atoms with E-state index in [1.807, 2.05) is 0 Å². The number of nitrogens with zero attached hydrogens (tertiary/aromatic N) is 4. The van der Waals surface area contributed by atoms with Crippen molar-refractivity contribution >= 4 is 22.4 Å². The van der Waals surface area contributed by atoms with Crippen molar-refractivity contribution in [2.75, 3.05) is 4.90 Å². The number of aromatic amines is 1. The third-order valence-electron chi connectivity index (χ3n) is 4.06. The Hall–Kier alpha value is -3.15. The van der Waals surface area contributed by atoms with Crippen LogP contribution in [0.25, 0.3) is 11.4 Å². The number of nitrogens with one attached hydrogen (secondary N) is 1. The maximum absolute atomic E-state index is 14.2. The van der Waals surface area contributed by atoms with Gasteiger partial charge in [0.2, 0.25) is 11.7 Å². The number of rotatable bonds is 6. The summed E-state index contributed by atoms with van der Waals surface area (Å²) in [5, 5.41) is 13.2. The number of amides is 1. The fourth-order valence-corrected chi connectivity index (χ4v) is 3.46. The van der Waals surface area contributed by atoms with Crippen LogP contribution in [0.4, 0.5) is 23.2 Å². The largest absolute Gasteiger partial charge is 0.475 e. The van der Waals surface area contributed by atoms with Gasteiger partial charge in [-0.25, -0.2) is 8.60 Å². The zero-order valence-electron chi connectivity index (χ0n) is 15.5. The first kappa shape index (κ1) is 21.6. The Morgan fingerprint density at radius 3 is 2.60 bits per heavy atom. The topological polar surface area (TPSA) is 91.8 Å². The van der Waals surface area contributed by atoms with Gasteiger partial charge in [-0.3, -0.25) is 4.79 Å². The van der Waals surface area contributed by atoms with Crippen LogP contribution in [0.5, 0.6) is 0 Å². The minimum absolute atomic E-state index is 0.0717. The number of alkyl halides is 3. The molecule has 0 fully saturated rings. The van der Waals surface area contributed by atoms with E-state index in [4.69, 9.17) is 0 Å². The standard InChI is InChI=1S/C18H15F4N5O2S/c1-2-16(28)27(10-11-4-3-5-15(6-11)30(29)18(20,21)22)14-8-12(7-13(19)9-14)17-23-25-26-24-17/h3-9H,2,10H2,1H3,(H,23,24,25,26). The smallest absolute Gasteiger partial charge is 0.308 e. The molecule has 0 aliphatic carbocycles. The zero-order valence-corrected chi connectivity index (χ0v) is 16.3. The number of anilines is 1. The van der Waals surface area contributed by atoms with Crippen LogP contribution < -0.4 is 4.90 Å². The number of carbonyl (C=O) groups excluding carboxylic acids is 1. The van der Waals surface area contributed by atoms with Crippen molar-refractivity contribution in [3.05, 3.63) is 53.8 Å². The summed E-state index contributed by atoms with van der Waals surface area (Å²) in [5.41, 5.74) is -4.17. The normalized spacial score (nSPS) is 12.6. The maximum Gasteiger partial charge on any atom is 0.475 e. The minimum Gasteiger partial charge on any atom is -0.308 e. The SMILES string of the molecule is CCC(=O)N(Cc1cccc(S(=O)C(F)(F)F)c1)c1cc(F)cc(-c2nn[nH]n2)c1. The zero-order chi connectivity index (χ0) is 21.9. The lowest BCUT2D eigenvalue weighted by atomic mass is 10.1. The second-order valence-electron chi connectivity index (χ2n) is 6.13. The van der Waals surface area contributed by atoms with Crippen molar-refractivity contribution in [1.29, 1.82) is 0 Å². The second kappa shape index (κ2) is 8.69. The molecule has 0 spiro atoms. The molecule has 1 N–H and O–H groups in total. The molecule has 158 valence electrons. The van der Waals surface area contributed by atoms with Crippen LogP contribution in [0.3, 0.4) is 0 Å². The molecule has 0 aliphatic heterocycles. The van der Waals surface area contributed by atoms with Gasteiger partial charge in [-0.15, -0.1) is 10.2 Å². The molecule has 3 aromatic rings. The second-order valence-corrected chi connectivity index (χ2v) is 7.60. The van der Waals surface area contributed by atoms with Crippen LogP contribution in [0, 0.1) is 5.82 Å². The first-order valence-corrected chi connectivity index (χ1v) is 9.76. The summed E-state index contributed by atoms with van der Waals surface area (Å²) in [4.78, 5) is 13.3. The van der Waals surface area contributed by atoms with Gasteiger partial charge in [-0.2, -0.15) is 18.4 Å². The van der Waals surface area contributed by atoms with Gasteiger partial charge in [0.05, 0.1) is 6.54 Å². The average Bonchev–Trinajstić information content (AvgIpc) is 3.25. The average molecular weight is 441 g/mol. The number of tetrazole rings is 1. The number of hydrogen-bond acceptors (Lipinski definition) is 5. The molecule has 3 rings (SSSR count). The first-order valence-electron chi connectivity index (χ1n) is 8.61.